The smallest absolute Gasteiger partial charge is 0.276 e. The van der Waals surface area contributed by atoms with E-state index in [2.05, 4.69) is 12.1 Å². The Labute approximate surface area is 135 Å². The van der Waals surface area contributed by atoms with Gasteiger partial charge in [-0.3, -0.25) is 4.79 Å². The van der Waals surface area contributed by atoms with Crippen LogP contribution in [0.3, 0.4) is 0 Å². The van der Waals surface area contributed by atoms with Gasteiger partial charge in [-0.15, -0.1) is 0 Å². The number of benzene rings is 1. The highest BCUT2D eigenvalue weighted by atomic mass is 16.5. The summed E-state index contributed by atoms with van der Waals surface area (Å²) in [5.41, 5.74) is 3.17. The highest BCUT2D eigenvalue weighted by molar-refractivity contribution is 5.95. The minimum atomic E-state index is -0.0402. The number of carbonyl (C=O) groups excluding carboxylic acids is 1. The maximum atomic E-state index is 12.8. The Morgan fingerprint density at radius 2 is 2.09 bits per heavy atom. The van der Waals surface area contributed by atoms with Crippen LogP contribution in [0.4, 0.5) is 0 Å². The van der Waals surface area contributed by atoms with Crippen LogP contribution in [0.15, 0.2) is 22.7 Å². The summed E-state index contributed by atoms with van der Waals surface area (Å²) in [6.45, 7) is 6.16. The molecule has 3 heterocycles. The number of amides is 1. The predicted molar refractivity (Wildman–Crippen MR) is 85.3 cm³/mol. The van der Waals surface area contributed by atoms with E-state index in [4.69, 9.17) is 9.26 Å². The van der Waals surface area contributed by atoms with Crippen molar-refractivity contribution in [1.29, 1.82) is 0 Å². The molecule has 0 saturated carbocycles. The summed E-state index contributed by atoms with van der Waals surface area (Å²) in [5, 5.41) is 4.07. The van der Waals surface area contributed by atoms with Crippen molar-refractivity contribution in [2.24, 2.45) is 5.92 Å². The number of nitrogens with zero attached hydrogens (tertiary/aromatic N) is 2. The number of piperidine rings is 1. The second kappa shape index (κ2) is 5.41. The third kappa shape index (κ3) is 2.40. The molecular formula is C18H20N2O3. The van der Waals surface area contributed by atoms with Gasteiger partial charge in [0.2, 0.25) is 0 Å². The molecule has 0 aliphatic carbocycles. The van der Waals surface area contributed by atoms with Gasteiger partial charge in [0.1, 0.15) is 12.4 Å². The molecule has 2 aliphatic rings. The van der Waals surface area contributed by atoms with Gasteiger partial charge in [0.15, 0.2) is 11.5 Å². The maximum Gasteiger partial charge on any atom is 0.276 e. The Kier molecular flexibility index (Phi) is 3.36. The first-order chi connectivity index (χ1) is 11.1. The van der Waals surface area contributed by atoms with Crippen molar-refractivity contribution in [2.45, 2.75) is 33.3 Å². The summed E-state index contributed by atoms with van der Waals surface area (Å²) in [5.74, 6) is 2.10. The summed E-state index contributed by atoms with van der Waals surface area (Å²) in [7, 11) is 0. The topological polar surface area (TPSA) is 55.6 Å². The van der Waals surface area contributed by atoms with E-state index < -0.39 is 0 Å². The van der Waals surface area contributed by atoms with Gasteiger partial charge in [0, 0.05) is 13.1 Å². The Bertz CT molecular complexity index is 758. The predicted octanol–water partition coefficient (Wildman–Crippen LogP) is 3.41. The molecular weight excluding hydrogens is 292 g/mol. The standard InChI is InChI=1S/C18H20N2O3/c1-11-5-7-20(8-6-11)18(21)16-14-10-22-15-4-3-12(2)9-13(15)17(14)23-19-16/h3-4,9,11H,5-8,10H2,1-2H3. The van der Waals surface area contributed by atoms with Crippen molar-refractivity contribution in [3.63, 3.8) is 0 Å². The second-order valence-corrected chi connectivity index (χ2v) is 6.60. The average Bonchev–Trinajstić information content (AvgIpc) is 2.99. The van der Waals surface area contributed by atoms with Crippen LogP contribution in [0.2, 0.25) is 0 Å². The SMILES string of the molecule is Cc1ccc2c(c1)-c1onc(C(=O)N3CCC(C)CC3)c1CO2. The van der Waals surface area contributed by atoms with Crippen LogP contribution < -0.4 is 4.74 Å². The Balaban J connectivity index is 1.67. The molecule has 2 aliphatic heterocycles. The number of carbonyl (C=O) groups is 1. The van der Waals surface area contributed by atoms with Crippen molar-refractivity contribution >= 4 is 5.91 Å². The molecule has 120 valence electrons. The monoisotopic (exact) mass is 312 g/mol. The molecule has 1 fully saturated rings. The van der Waals surface area contributed by atoms with Gasteiger partial charge in [-0.2, -0.15) is 0 Å². The minimum Gasteiger partial charge on any atom is -0.488 e. The van der Waals surface area contributed by atoms with Gasteiger partial charge in [0.05, 0.1) is 11.1 Å². The van der Waals surface area contributed by atoms with Crippen LogP contribution in [-0.4, -0.2) is 29.1 Å². The third-order valence-corrected chi connectivity index (χ3v) is 4.81. The van der Waals surface area contributed by atoms with E-state index >= 15 is 0 Å². The zero-order chi connectivity index (χ0) is 16.0. The zero-order valence-electron chi connectivity index (χ0n) is 13.5. The van der Waals surface area contributed by atoms with Crippen molar-refractivity contribution < 1.29 is 14.1 Å². The molecule has 0 spiro atoms. The number of rotatable bonds is 1. The number of aryl methyl sites for hydroxylation is 1. The Morgan fingerprint density at radius 1 is 1.30 bits per heavy atom. The number of aromatic nitrogens is 1. The van der Waals surface area contributed by atoms with Crippen LogP contribution in [-0.2, 0) is 6.61 Å². The molecule has 0 atom stereocenters. The average molecular weight is 312 g/mol. The lowest BCUT2D eigenvalue weighted by atomic mass is 9.98. The number of fused-ring (bicyclic) bond motifs is 3. The first kappa shape index (κ1) is 14.3. The van der Waals surface area contributed by atoms with Crippen molar-refractivity contribution in [1.82, 2.24) is 10.1 Å². The molecule has 0 bridgehead atoms. The van der Waals surface area contributed by atoms with E-state index in [9.17, 15) is 4.79 Å². The summed E-state index contributed by atoms with van der Waals surface area (Å²) in [4.78, 5) is 14.6. The molecule has 4 rings (SSSR count). The molecule has 1 aromatic heterocycles. The highest BCUT2D eigenvalue weighted by Gasteiger charge is 2.32. The number of likely N-dealkylation sites (tertiary alicyclic amines) is 1. The molecule has 1 aromatic carbocycles. The number of hydrogen-bond acceptors (Lipinski definition) is 4. The second-order valence-electron chi connectivity index (χ2n) is 6.60. The Morgan fingerprint density at radius 3 is 2.87 bits per heavy atom. The van der Waals surface area contributed by atoms with Crippen LogP contribution in [0.5, 0.6) is 5.75 Å². The maximum absolute atomic E-state index is 12.8. The fraction of sp³-hybridized carbons (Fsp3) is 0.444. The van der Waals surface area contributed by atoms with Gasteiger partial charge < -0.3 is 14.2 Å². The van der Waals surface area contributed by atoms with Crippen LogP contribution in [0.25, 0.3) is 11.3 Å². The molecule has 1 amide bonds. The van der Waals surface area contributed by atoms with E-state index in [1.807, 2.05) is 30.0 Å². The van der Waals surface area contributed by atoms with Crippen molar-refractivity contribution in [2.75, 3.05) is 13.1 Å². The molecule has 5 heteroatoms. The fourth-order valence-corrected chi connectivity index (χ4v) is 3.28. The first-order valence-corrected chi connectivity index (χ1v) is 8.15. The van der Waals surface area contributed by atoms with Crippen molar-refractivity contribution in [3.8, 4) is 17.1 Å². The summed E-state index contributed by atoms with van der Waals surface area (Å²) in [6.07, 6.45) is 2.09. The molecule has 0 N–H and O–H groups in total. The highest BCUT2D eigenvalue weighted by Crippen LogP contribution is 2.39. The van der Waals surface area contributed by atoms with Crippen LogP contribution in [0, 0.1) is 12.8 Å². The molecule has 1 saturated heterocycles. The van der Waals surface area contributed by atoms with E-state index in [0.29, 0.717) is 24.0 Å². The van der Waals surface area contributed by atoms with E-state index in [-0.39, 0.29) is 5.91 Å². The van der Waals surface area contributed by atoms with Gasteiger partial charge in [-0.05, 0) is 37.8 Å². The lowest BCUT2D eigenvalue weighted by molar-refractivity contribution is 0.0684. The molecule has 23 heavy (non-hydrogen) atoms. The largest absolute Gasteiger partial charge is 0.488 e. The quantitative estimate of drug-likeness (QED) is 0.809. The third-order valence-electron chi connectivity index (χ3n) is 4.81. The summed E-state index contributed by atoms with van der Waals surface area (Å²) in [6, 6.07) is 5.94. The van der Waals surface area contributed by atoms with Gasteiger partial charge in [-0.25, -0.2) is 0 Å². The fourth-order valence-electron chi connectivity index (χ4n) is 3.28. The zero-order valence-corrected chi connectivity index (χ0v) is 13.5. The minimum absolute atomic E-state index is 0.0402. The van der Waals surface area contributed by atoms with E-state index in [1.54, 1.807) is 0 Å². The normalized spacial score (nSPS) is 17.4. The first-order valence-electron chi connectivity index (χ1n) is 8.15. The van der Waals surface area contributed by atoms with Crippen LogP contribution in [0.1, 0.15) is 41.4 Å². The van der Waals surface area contributed by atoms with Gasteiger partial charge in [0.25, 0.3) is 5.91 Å². The molecule has 0 radical (unpaired) electrons. The van der Waals surface area contributed by atoms with E-state index in [1.165, 1.54) is 0 Å². The van der Waals surface area contributed by atoms with Gasteiger partial charge in [-0.1, -0.05) is 23.7 Å². The van der Waals surface area contributed by atoms with Crippen LogP contribution >= 0.6 is 0 Å². The van der Waals surface area contributed by atoms with E-state index in [0.717, 1.165) is 48.4 Å². The molecule has 5 nitrogen and oxygen atoms in total. The lowest BCUT2D eigenvalue weighted by Crippen LogP contribution is -2.38. The van der Waals surface area contributed by atoms with Gasteiger partial charge >= 0.3 is 0 Å². The number of hydrogen-bond donors (Lipinski definition) is 0. The number of ether oxygens (including phenoxy) is 1. The Hall–Kier alpha value is -2.30. The lowest BCUT2D eigenvalue weighted by Gasteiger charge is -2.30. The molecule has 0 unspecified atom stereocenters. The summed E-state index contributed by atoms with van der Waals surface area (Å²) >= 11 is 0. The van der Waals surface area contributed by atoms with Crippen molar-refractivity contribution in [3.05, 3.63) is 35.0 Å². The molecule has 2 aromatic rings. The summed E-state index contributed by atoms with van der Waals surface area (Å²) < 4.78 is 11.3.